The number of pyridine rings is 1. The highest BCUT2D eigenvalue weighted by Crippen LogP contribution is 2.08. The van der Waals surface area contributed by atoms with Crippen LogP contribution in [0.2, 0.25) is 0 Å². The Morgan fingerprint density at radius 2 is 2.25 bits per heavy atom. The second-order valence-electron chi connectivity index (χ2n) is 3.45. The van der Waals surface area contributed by atoms with Gasteiger partial charge in [0, 0.05) is 6.20 Å². The lowest BCUT2D eigenvalue weighted by Crippen LogP contribution is -2.14. The van der Waals surface area contributed by atoms with E-state index < -0.39 is 0 Å². The number of nitrogens with one attached hydrogen (secondary N) is 1. The summed E-state index contributed by atoms with van der Waals surface area (Å²) in [4.78, 5) is 15.6. The van der Waals surface area contributed by atoms with E-state index in [0.29, 0.717) is 11.6 Å². The van der Waals surface area contributed by atoms with Gasteiger partial charge in [0.15, 0.2) is 0 Å². The molecule has 0 radical (unpaired) electrons. The minimum absolute atomic E-state index is 0.131. The molecule has 0 atom stereocenters. The van der Waals surface area contributed by atoms with Crippen LogP contribution in [0.15, 0.2) is 40.9 Å². The maximum atomic E-state index is 11.6. The Bertz CT molecular complexity index is 477. The third-order valence-corrected chi connectivity index (χ3v) is 2.06. The van der Waals surface area contributed by atoms with Gasteiger partial charge in [0.2, 0.25) is 5.91 Å². The van der Waals surface area contributed by atoms with Crippen molar-refractivity contribution in [2.24, 2.45) is 0 Å². The summed E-state index contributed by atoms with van der Waals surface area (Å²) >= 11 is 0. The Kier molecular flexibility index (Phi) is 3.00. The molecule has 0 unspecified atom stereocenters. The maximum Gasteiger partial charge on any atom is 0.233 e. The van der Waals surface area contributed by atoms with E-state index in [9.17, 15) is 4.79 Å². The first kappa shape index (κ1) is 10.4. The Morgan fingerprint density at radius 1 is 1.38 bits per heavy atom. The number of rotatable bonds is 3. The van der Waals surface area contributed by atoms with Gasteiger partial charge in [-0.25, -0.2) is 4.98 Å². The number of hydrogen-bond acceptors (Lipinski definition) is 3. The van der Waals surface area contributed by atoms with Crippen molar-refractivity contribution in [1.29, 1.82) is 0 Å². The first-order valence-corrected chi connectivity index (χ1v) is 5.00. The van der Waals surface area contributed by atoms with Gasteiger partial charge in [0.1, 0.15) is 17.3 Å². The van der Waals surface area contributed by atoms with Crippen molar-refractivity contribution in [2.75, 3.05) is 5.32 Å². The fourth-order valence-electron chi connectivity index (χ4n) is 1.36. The van der Waals surface area contributed by atoms with Crippen LogP contribution in [0.3, 0.4) is 0 Å². The predicted octanol–water partition coefficient (Wildman–Crippen LogP) is 2.16. The Labute approximate surface area is 93.3 Å². The zero-order valence-corrected chi connectivity index (χ0v) is 8.93. The number of hydrogen-bond donors (Lipinski definition) is 1. The molecule has 2 rings (SSSR count). The molecule has 0 spiro atoms. The normalized spacial score (nSPS) is 10.1. The minimum atomic E-state index is -0.131. The van der Waals surface area contributed by atoms with Crippen molar-refractivity contribution in [3.63, 3.8) is 0 Å². The lowest BCUT2D eigenvalue weighted by Gasteiger charge is -2.01. The molecule has 0 aliphatic carbocycles. The van der Waals surface area contributed by atoms with Crippen LogP contribution in [-0.4, -0.2) is 10.9 Å². The molecule has 4 nitrogen and oxygen atoms in total. The van der Waals surface area contributed by atoms with Gasteiger partial charge in [0.25, 0.3) is 0 Å². The van der Waals surface area contributed by atoms with E-state index in [1.54, 1.807) is 24.4 Å². The fraction of sp³-hybridized carbons (Fsp3) is 0.167. The molecule has 1 N–H and O–H groups in total. The molecular weight excluding hydrogens is 204 g/mol. The molecule has 1 amide bonds. The monoisotopic (exact) mass is 216 g/mol. The van der Waals surface area contributed by atoms with Crippen molar-refractivity contribution >= 4 is 11.7 Å². The SMILES string of the molecule is Cc1ccc(CC(=O)Nc2ccccn2)o1. The van der Waals surface area contributed by atoms with E-state index in [1.165, 1.54) is 0 Å². The van der Waals surface area contributed by atoms with Crippen LogP contribution in [0.25, 0.3) is 0 Å². The number of aromatic nitrogens is 1. The largest absolute Gasteiger partial charge is 0.466 e. The molecular formula is C12H12N2O2. The smallest absolute Gasteiger partial charge is 0.233 e. The summed E-state index contributed by atoms with van der Waals surface area (Å²) in [5.74, 6) is 1.88. The molecule has 2 heterocycles. The molecule has 0 bridgehead atoms. The molecule has 4 heteroatoms. The summed E-state index contributed by atoms with van der Waals surface area (Å²) in [6, 6.07) is 8.99. The molecule has 2 aromatic rings. The lowest BCUT2D eigenvalue weighted by atomic mass is 10.3. The van der Waals surface area contributed by atoms with Crippen molar-refractivity contribution in [2.45, 2.75) is 13.3 Å². The van der Waals surface area contributed by atoms with Gasteiger partial charge in [0.05, 0.1) is 6.42 Å². The first-order chi connectivity index (χ1) is 7.74. The van der Waals surface area contributed by atoms with Crippen molar-refractivity contribution in [3.8, 4) is 0 Å². The summed E-state index contributed by atoms with van der Waals surface area (Å²) < 4.78 is 5.31. The number of anilines is 1. The first-order valence-electron chi connectivity index (χ1n) is 5.00. The van der Waals surface area contributed by atoms with Gasteiger partial charge in [-0.2, -0.15) is 0 Å². The molecule has 0 aliphatic rings. The van der Waals surface area contributed by atoms with Crippen LogP contribution >= 0.6 is 0 Å². The zero-order valence-electron chi connectivity index (χ0n) is 8.93. The summed E-state index contributed by atoms with van der Waals surface area (Å²) in [5.41, 5.74) is 0. The van der Waals surface area contributed by atoms with Gasteiger partial charge < -0.3 is 9.73 Å². The molecule has 0 aromatic carbocycles. The van der Waals surface area contributed by atoms with Crippen LogP contribution in [0, 0.1) is 6.92 Å². The topological polar surface area (TPSA) is 55.1 Å². The maximum absolute atomic E-state index is 11.6. The molecule has 0 saturated carbocycles. The van der Waals surface area contributed by atoms with E-state index in [2.05, 4.69) is 10.3 Å². The average molecular weight is 216 g/mol. The van der Waals surface area contributed by atoms with Gasteiger partial charge in [-0.05, 0) is 31.2 Å². The second-order valence-corrected chi connectivity index (χ2v) is 3.45. The third-order valence-electron chi connectivity index (χ3n) is 2.06. The number of nitrogens with zero attached hydrogens (tertiary/aromatic N) is 1. The average Bonchev–Trinajstić information content (AvgIpc) is 2.65. The van der Waals surface area contributed by atoms with Gasteiger partial charge >= 0.3 is 0 Å². The van der Waals surface area contributed by atoms with Gasteiger partial charge in [-0.3, -0.25) is 4.79 Å². The van der Waals surface area contributed by atoms with E-state index in [4.69, 9.17) is 4.42 Å². The number of amides is 1. The molecule has 2 aromatic heterocycles. The second kappa shape index (κ2) is 4.61. The Hall–Kier alpha value is -2.10. The molecule has 0 saturated heterocycles. The summed E-state index contributed by atoms with van der Waals surface area (Å²) in [6.07, 6.45) is 1.86. The molecule has 0 aliphatic heterocycles. The van der Waals surface area contributed by atoms with Crippen LogP contribution in [-0.2, 0) is 11.2 Å². The highest BCUT2D eigenvalue weighted by molar-refractivity contribution is 5.90. The van der Waals surface area contributed by atoms with Crippen molar-refractivity contribution < 1.29 is 9.21 Å². The highest BCUT2D eigenvalue weighted by Gasteiger charge is 2.07. The van der Waals surface area contributed by atoms with Crippen molar-refractivity contribution in [1.82, 2.24) is 4.98 Å². The number of aryl methyl sites for hydroxylation is 1. The number of carbonyl (C=O) groups is 1. The van der Waals surface area contributed by atoms with E-state index in [1.807, 2.05) is 19.1 Å². The van der Waals surface area contributed by atoms with E-state index in [0.717, 1.165) is 5.76 Å². The summed E-state index contributed by atoms with van der Waals surface area (Å²) in [6.45, 7) is 1.85. The molecule has 16 heavy (non-hydrogen) atoms. The fourth-order valence-corrected chi connectivity index (χ4v) is 1.36. The molecule has 0 fully saturated rings. The van der Waals surface area contributed by atoms with Gasteiger partial charge in [-0.1, -0.05) is 6.07 Å². The van der Waals surface area contributed by atoms with Crippen LogP contribution in [0.5, 0.6) is 0 Å². The van der Waals surface area contributed by atoms with Crippen LogP contribution in [0.1, 0.15) is 11.5 Å². The Morgan fingerprint density at radius 3 is 2.88 bits per heavy atom. The van der Waals surface area contributed by atoms with E-state index >= 15 is 0 Å². The van der Waals surface area contributed by atoms with Gasteiger partial charge in [-0.15, -0.1) is 0 Å². The van der Waals surface area contributed by atoms with Crippen LogP contribution in [0.4, 0.5) is 5.82 Å². The number of carbonyl (C=O) groups excluding carboxylic acids is 1. The third kappa shape index (κ3) is 2.70. The molecule has 82 valence electrons. The Balaban J connectivity index is 1.95. The quantitative estimate of drug-likeness (QED) is 0.855. The highest BCUT2D eigenvalue weighted by atomic mass is 16.3. The standard InChI is InChI=1S/C12H12N2O2/c1-9-5-6-10(16-9)8-12(15)14-11-4-2-3-7-13-11/h2-7H,8H2,1H3,(H,13,14,15). The number of furan rings is 1. The zero-order chi connectivity index (χ0) is 11.4. The van der Waals surface area contributed by atoms with Crippen molar-refractivity contribution in [3.05, 3.63) is 48.0 Å². The van der Waals surface area contributed by atoms with Crippen LogP contribution < -0.4 is 5.32 Å². The lowest BCUT2D eigenvalue weighted by molar-refractivity contribution is -0.115. The summed E-state index contributed by atoms with van der Waals surface area (Å²) in [7, 11) is 0. The van der Waals surface area contributed by atoms with E-state index in [-0.39, 0.29) is 12.3 Å². The summed E-state index contributed by atoms with van der Waals surface area (Å²) in [5, 5.41) is 2.69. The minimum Gasteiger partial charge on any atom is -0.466 e. The predicted molar refractivity (Wildman–Crippen MR) is 60.0 cm³/mol.